The lowest BCUT2D eigenvalue weighted by Gasteiger charge is -2.32. The Morgan fingerprint density at radius 2 is 1.68 bits per heavy atom. The normalized spacial score (nSPS) is 12.0. The molecule has 0 aliphatic heterocycles. The van der Waals surface area contributed by atoms with Crippen LogP contribution < -0.4 is 9.62 Å². The maximum atomic E-state index is 14.4. The molecule has 11 heteroatoms. The van der Waals surface area contributed by atoms with Crippen LogP contribution in [-0.4, -0.2) is 50.5 Å². The summed E-state index contributed by atoms with van der Waals surface area (Å²) in [5.74, 6) is -1.36. The van der Waals surface area contributed by atoms with Crippen LogP contribution in [0.15, 0.2) is 72.8 Å². The van der Waals surface area contributed by atoms with Crippen LogP contribution in [0.1, 0.15) is 37.3 Å². The molecule has 1 N–H and O–H groups in total. The highest BCUT2D eigenvalue weighted by molar-refractivity contribution is 7.92. The van der Waals surface area contributed by atoms with Crippen molar-refractivity contribution in [2.75, 3.05) is 23.7 Å². The molecule has 0 aromatic heterocycles. The van der Waals surface area contributed by atoms with Crippen molar-refractivity contribution in [3.63, 3.8) is 0 Å². The molecule has 0 bridgehead atoms. The SMILES string of the molecule is CCCNC(=O)[C@H](Cc1ccccc1)N(Cc1ccc(Cl)cc1Cl)C(=O)CCCN(c1ccccc1F)S(C)(=O)=O. The van der Waals surface area contributed by atoms with Gasteiger partial charge in [-0.1, -0.05) is 78.7 Å². The number of hydrogen-bond donors (Lipinski definition) is 1. The van der Waals surface area contributed by atoms with Gasteiger partial charge in [0.1, 0.15) is 11.9 Å². The molecule has 0 aliphatic rings. The molecule has 0 saturated carbocycles. The van der Waals surface area contributed by atoms with Crippen molar-refractivity contribution in [3.8, 4) is 0 Å². The molecular weight excluding hydrogens is 588 g/mol. The van der Waals surface area contributed by atoms with Crippen LogP contribution in [0, 0.1) is 5.82 Å². The van der Waals surface area contributed by atoms with Gasteiger partial charge in [0.2, 0.25) is 21.8 Å². The van der Waals surface area contributed by atoms with E-state index in [-0.39, 0.29) is 49.9 Å². The van der Waals surface area contributed by atoms with Crippen LogP contribution in [0.2, 0.25) is 10.0 Å². The molecule has 41 heavy (non-hydrogen) atoms. The molecule has 3 aromatic carbocycles. The van der Waals surface area contributed by atoms with Crippen molar-refractivity contribution in [1.29, 1.82) is 0 Å². The van der Waals surface area contributed by atoms with Gasteiger partial charge in [0.25, 0.3) is 0 Å². The minimum absolute atomic E-state index is 0.0367. The lowest BCUT2D eigenvalue weighted by atomic mass is 10.0. The molecular formula is C30H34Cl2FN3O4S. The van der Waals surface area contributed by atoms with E-state index >= 15 is 0 Å². The fourth-order valence-corrected chi connectivity index (χ4v) is 5.82. The average molecular weight is 623 g/mol. The zero-order valence-electron chi connectivity index (χ0n) is 23.0. The van der Waals surface area contributed by atoms with Crippen molar-refractivity contribution in [2.24, 2.45) is 0 Å². The predicted octanol–water partition coefficient (Wildman–Crippen LogP) is 5.85. The third-order valence-corrected chi connectivity index (χ3v) is 8.22. The number of hydrogen-bond acceptors (Lipinski definition) is 4. The fourth-order valence-electron chi connectivity index (χ4n) is 4.39. The summed E-state index contributed by atoms with van der Waals surface area (Å²) in [4.78, 5) is 28.7. The van der Waals surface area contributed by atoms with E-state index in [1.165, 1.54) is 23.1 Å². The van der Waals surface area contributed by atoms with E-state index in [4.69, 9.17) is 23.2 Å². The Kier molecular flexibility index (Phi) is 12.0. The first-order valence-corrected chi connectivity index (χ1v) is 15.9. The summed E-state index contributed by atoms with van der Waals surface area (Å²) < 4.78 is 40.4. The number of benzene rings is 3. The molecule has 0 fully saturated rings. The molecule has 0 radical (unpaired) electrons. The van der Waals surface area contributed by atoms with Crippen molar-refractivity contribution >= 4 is 50.7 Å². The molecule has 0 heterocycles. The topological polar surface area (TPSA) is 86.8 Å². The third-order valence-electron chi connectivity index (χ3n) is 6.45. The van der Waals surface area contributed by atoms with Gasteiger partial charge in [0.15, 0.2) is 0 Å². The standard InChI is InChI=1S/C30H34Cl2FN3O4S/c1-3-17-34-30(38)28(19-22-10-5-4-6-11-22)35(21-23-15-16-24(31)20-25(23)32)29(37)14-9-18-36(41(2,39)40)27-13-8-7-12-26(27)33/h4-8,10-13,15-16,20,28H,3,9,14,17-19,21H2,1-2H3,(H,34,38)/t28-/m0/s1. The number of rotatable bonds is 14. The van der Waals surface area contributed by atoms with E-state index in [1.807, 2.05) is 37.3 Å². The first kappa shape index (κ1) is 32.4. The molecule has 3 rings (SSSR count). The molecule has 7 nitrogen and oxygen atoms in total. The van der Waals surface area contributed by atoms with Crippen molar-refractivity contribution in [2.45, 2.75) is 45.2 Å². The van der Waals surface area contributed by atoms with Gasteiger partial charge in [-0.05, 0) is 48.2 Å². The van der Waals surface area contributed by atoms with Crippen LogP contribution in [0.3, 0.4) is 0 Å². The lowest BCUT2D eigenvalue weighted by Crippen LogP contribution is -2.50. The van der Waals surface area contributed by atoms with Crippen LogP contribution in [0.25, 0.3) is 0 Å². The summed E-state index contributed by atoms with van der Waals surface area (Å²) in [6, 6.07) is 19.0. The number of amides is 2. The average Bonchev–Trinajstić information content (AvgIpc) is 2.93. The Morgan fingerprint density at radius 1 is 1.00 bits per heavy atom. The van der Waals surface area contributed by atoms with Crippen LogP contribution in [0.5, 0.6) is 0 Å². The highest BCUT2D eigenvalue weighted by atomic mass is 35.5. The molecule has 1 atom stereocenters. The fraction of sp³-hybridized carbons (Fsp3) is 0.333. The second-order valence-corrected chi connectivity index (χ2v) is 12.4. The van der Waals surface area contributed by atoms with Gasteiger partial charge in [-0.25, -0.2) is 12.8 Å². The number of carbonyl (C=O) groups excluding carboxylic acids is 2. The van der Waals surface area contributed by atoms with Gasteiger partial charge in [-0.15, -0.1) is 0 Å². The molecule has 2 amide bonds. The summed E-state index contributed by atoms with van der Waals surface area (Å²) in [6.45, 7) is 2.30. The van der Waals surface area contributed by atoms with Crippen molar-refractivity contribution in [3.05, 3.63) is 99.8 Å². The number of halogens is 3. The molecule has 220 valence electrons. The highest BCUT2D eigenvalue weighted by Gasteiger charge is 2.31. The Hall–Kier alpha value is -3.14. The Labute approximate surface area is 251 Å². The molecule has 3 aromatic rings. The lowest BCUT2D eigenvalue weighted by molar-refractivity contribution is -0.141. The van der Waals surface area contributed by atoms with Crippen LogP contribution in [0.4, 0.5) is 10.1 Å². The monoisotopic (exact) mass is 621 g/mol. The quantitative estimate of drug-likeness (QED) is 0.245. The Morgan fingerprint density at radius 3 is 2.32 bits per heavy atom. The van der Waals surface area contributed by atoms with Crippen molar-refractivity contribution in [1.82, 2.24) is 10.2 Å². The van der Waals surface area contributed by atoms with E-state index in [1.54, 1.807) is 24.3 Å². The van der Waals surface area contributed by atoms with Gasteiger partial charge in [0, 0.05) is 42.5 Å². The van der Waals surface area contributed by atoms with Crippen molar-refractivity contribution < 1.29 is 22.4 Å². The number of sulfonamides is 1. The summed E-state index contributed by atoms with van der Waals surface area (Å²) >= 11 is 12.5. The smallest absolute Gasteiger partial charge is 0.243 e. The number of carbonyl (C=O) groups is 2. The Bertz CT molecular complexity index is 1440. The van der Waals surface area contributed by atoms with E-state index in [9.17, 15) is 22.4 Å². The maximum Gasteiger partial charge on any atom is 0.243 e. The second-order valence-electron chi connectivity index (χ2n) is 9.64. The molecule has 0 aliphatic carbocycles. The second kappa shape index (κ2) is 15.2. The van der Waals surface area contributed by atoms with E-state index in [0.29, 0.717) is 22.2 Å². The Balaban J connectivity index is 1.91. The zero-order valence-corrected chi connectivity index (χ0v) is 25.4. The van der Waals surface area contributed by atoms with E-state index in [0.717, 1.165) is 22.5 Å². The largest absolute Gasteiger partial charge is 0.354 e. The minimum Gasteiger partial charge on any atom is -0.354 e. The number of para-hydroxylation sites is 1. The molecule has 0 unspecified atom stereocenters. The van der Waals surface area contributed by atoms with E-state index < -0.39 is 21.9 Å². The van der Waals surface area contributed by atoms with Gasteiger partial charge in [0.05, 0.1) is 11.9 Å². The van der Waals surface area contributed by atoms with Gasteiger partial charge in [-0.2, -0.15) is 0 Å². The highest BCUT2D eigenvalue weighted by Crippen LogP contribution is 2.26. The van der Waals surface area contributed by atoms with Gasteiger partial charge in [-0.3, -0.25) is 13.9 Å². The molecule has 0 saturated heterocycles. The summed E-state index contributed by atoms with van der Waals surface area (Å²) in [7, 11) is -3.82. The van der Waals surface area contributed by atoms with E-state index in [2.05, 4.69) is 5.32 Å². The predicted molar refractivity (Wildman–Crippen MR) is 162 cm³/mol. The summed E-state index contributed by atoms with van der Waals surface area (Å²) in [5.41, 5.74) is 1.38. The van der Waals surface area contributed by atoms with Crippen LogP contribution >= 0.6 is 23.2 Å². The molecule has 0 spiro atoms. The minimum atomic E-state index is -3.82. The zero-order chi connectivity index (χ0) is 30.0. The van der Waals surface area contributed by atoms with Gasteiger partial charge < -0.3 is 10.2 Å². The maximum absolute atomic E-state index is 14.4. The number of anilines is 1. The third kappa shape index (κ3) is 9.45. The summed E-state index contributed by atoms with van der Waals surface area (Å²) in [6.07, 6.45) is 1.98. The van der Waals surface area contributed by atoms with Crippen LogP contribution in [-0.2, 0) is 32.6 Å². The number of nitrogens with zero attached hydrogens (tertiary/aromatic N) is 2. The first-order valence-electron chi connectivity index (χ1n) is 13.3. The number of nitrogens with one attached hydrogen (secondary N) is 1. The van der Waals surface area contributed by atoms with Gasteiger partial charge >= 0.3 is 0 Å². The summed E-state index contributed by atoms with van der Waals surface area (Å²) in [5, 5.41) is 3.69. The first-order chi connectivity index (χ1) is 19.5.